The Morgan fingerprint density at radius 3 is 2.32 bits per heavy atom. The van der Waals surface area contributed by atoms with E-state index < -0.39 is 5.25 Å². The van der Waals surface area contributed by atoms with Gasteiger partial charge in [-0.25, -0.2) is 0 Å². The molecular formula is C15H23KN2O3S. The van der Waals surface area contributed by atoms with E-state index in [-0.39, 0.29) is 87.5 Å². The third-order valence-corrected chi connectivity index (χ3v) is 4.66. The number of hydrogen-bond acceptors (Lipinski definition) is 4. The number of hydrogen-bond donors (Lipinski definition) is 1. The zero-order chi connectivity index (χ0) is 15.6. The maximum atomic E-state index is 12.0. The van der Waals surface area contributed by atoms with Crippen LogP contribution in [-0.2, 0) is 27.0 Å². The van der Waals surface area contributed by atoms with Crippen molar-refractivity contribution in [1.82, 2.24) is 10.2 Å². The van der Waals surface area contributed by atoms with Crippen LogP contribution in [-0.4, -0.2) is 40.5 Å². The monoisotopic (exact) mass is 350 g/mol. The second-order valence-corrected chi connectivity index (χ2v) is 6.99. The predicted molar refractivity (Wildman–Crippen MR) is 81.2 cm³/mol. The standard InChI is InChI=1S/C15H24N2O3S.K/c1-9(2)16-14(19)11-5-3-10(4-6-11)8-17-13(18)7-12(21)15(17)20;/h9-12,21H,3-8H2,1-2H3,(H,16,19);/q;+1/p-1. The molecular weight excluding hydrogens is 327 g/mol. The molecule has 1 heterocycles. The Labute approximate surface area is 180 Å². The van der Waals surface area contributed by atoms with Crippen LogP contribution in [0.15, 0.2) is 0 Å². The van der Waals surface area contributed by atoms with Crippen molar-refractivity contribution in [3.63, 3.8) is 0 Å². The third kappa shape index (κ3) is 5.31. The summed E-state index contributed by atoms with van der Waals surface area (Å²) in [5.41, 5.74) is 0. The fraction of sp³-hybridized carbons (Fsp3) is 0.800. The van der Waals surface area contributed by atoms with Gasteiger partial charge in [0.25, 0.3) is 0 Å². The van der Waals surface area contributed by atoms with Gasteiger partial charge in [-0.05, 0) is 45.4 Å². The van der Waals surface area contributed by atoms with Crippen LogP contribution in [0.5, 0.6) is 0 Å². The van der Waals surface area contributed by atoms with Crippen LogP contribution in [0, 0.1) is 11.8 Å². The summed E-state index contributed by atoms with van der Waals surface area (Å²) in [4.78, 5) is 36.9. The van der Waals surface area contributed by atoms with Gasteiger partial charge in [0.15, 0.2) is 0 Å². The molecule has 1 atom stereocenters. The first kappa shape index (κ1) is 20.6. The topological polar surface area (TPSA) is 66.5 Å². The van der Waals surface area contributed by atoms with Crippen LogP contribution in [0.1, 0.15) is 46.0 Å². The zero-order valence-corrected chi connectivity index (χ0v) is 17.6. The second-order valence-electron chi connectivity index (χ2n) is 6.42. The largest absolute Gasteiger partial charge is 1.00 e. The van der Waals surface area contributed by atoms with E-state index in [1.807, 2.05) is 13.8 Å². The zero-order valence-electron chi connectivity index (χ0n) is 13.6. The molecule has 5 nitrogen and oxygen atoms in total. The summed E-state index contributed by atoms with van der Waals surface area (Å²) in [6.45, 7) is 4.39. The summed E-state index contributed by atoms with van der Waals surface area (Å²) in [6.07, 6.45) is 3.60. The normalized spacial score (nSPS) is 28.7. The quantitative estimate of drug-likeness (QED) is 0.362. The van der Waals surface area contributed by atoms with E-state index in [0.29, 0.717) is 12.5 Å². The van der Waals surface area contributed by atoms with Crippen molar-refractivity contribution in [3.8, 4) is 0 Å². The number of rotatable bonds is 4. The van der Waals surface area contributed by atoms with Crippen LogP contribution in [0.4, 0.5) is 0 Å². The third-order valence-electron chi connectivity index (χ3n) is 4.29. The van der Waals surface area contributed by atoms with E-state index in [0.717, 1.165) is 25.7 Å². The first-order valence-corrected chi connectivity index (χ1v) is 8.16. The molecule has 22 heavy (non-hydrogen) atoms. The van der Waals surface area contributed by atoms with Crippen molar-refractivity contribution in [2.24, 2.45) is 11.8 Å². The molecule has 3 amide bonds. The number of nitrogens with one attached hydrogen (secondary N) is 1. The summed E-state index contributed by atoms with van der Waals surface area (Å²) in [7, 11) is 0. The molecule has 1 unspecified atom stereocenters. The van der Waals surface area contributed by atoms with E-state index >= 15 is 0 Å². The van der Waals surface area contributed by atoms with Crippen molar-refractivity contribution < 1.29 is 65.8 Å². The van der Waals surface area contributed by atoms with Crippen LogP contribution in [0.2, 0.25) is 0 Å². The molecule has 2 fully saturated rings. The molecule has 0 aromatic heterocycles. The number of carbonyl (C=O) groups is 3. The van der Waals surface area contributed by atoms with Gasteiger partial charge in [0.1, 0.15) is 0 Å². The number of carbonyl (C=O) groups excluding carboxylic acids is 3. The maximum Gasteiger partial charge on any atom is 1.00 e. The van der Waals surface area contributed by atoms with E-state index in [2.05, 4.69) is 5.32 Å². The molecule has 0 radical (unpaired) electrons. The number of likely N-dealkylation sites (tertiary alicyclic amines) is 1. The van der Waals surface area contributed by atoms with E-state index in [9.17, 15) is 14.4 Å². The summed E-state index contributed by atoms with van der Waals surface area (Å²) >= 11 is 4.97. The molecule has 1 saturated heterocycles. The summed E-state index contributed by atoms with van der Waals surface area (Å²) in [5, 5.41) is 2.37. The van der Waals surface area contributed by atoms with E-state index in [1.54, 1.807) is 0 Å². The van der Waals surface area contributed by atoms with Crippen LogP contribution < -0.4 is 56.7 Å². The van der Waals surface area contributed by atoms with Gasteiger partial charge in [-0.3, -0.25) is 19.3 Å². The molecule has 2 aliphatic rings. The Bertz CT molecular complexity index is 437. The van der Waals surface area contributed by atoms with Crippen molar-refractivity contribution in [1.29, 1.82) is 0 Å². The van der Waals surface area contributed by atoms with Gasteiger partial charge in [0.2, 0.25) is 17.7 Å². The fourth-order valence-electron chi connectivity index (χ4n) is 3.11. The summed E-state index contributed by atoms with van der Waals surface area (Å²) in [6, 6.07) is 0.166. The molecule has 2 rings (SSSR count). The molecule has 0 spiro atoms. The molecule has 1 N–H and O–H groups in total. The van der Waals surface area contributed by atoms with Crippen LogP contribution >= 0.6 is 0 Å². The average molecular weight is 351 g/mol. The van der Waals surface area contributed by atoms with Crippen molar-refractivity contribution in [3.05, 3.63) is 0 Å². The Balaban J connectivity index is 0.00000242. The van der Waals surface area contributed by atoms with Gasteiger partial charge in [0, 0.05) is 24.9 Å². The van der Waals surface area contributed by atoms with Gasteiger partial charge < -0.3 is 17.9 Å². The second kappa shape index (κ2) is 9.18. The van der Waals surface area contributed by atoms with Gasteiger partial charge >= 0.3 is 51.4 Å². The Morgan fingerprint density at radius 2 is 1.86 bits per heavy atom. The van der Waals surface area contributed by atoms with Crippen LogP contribution in [0.3, 0.4) is 0 Å². The number of nitrogens with zero attached hydrogens (tertiary/aromatic N) is 1. The molecule has 0 bridgehead atoms. The molecule has 1 saturated carbocycles. The fourth-order valence-corrected chi connectivity index (χ4v) is 3.38. The predicted octanol–water partition coefficient (Wildman–Crippen LogP) is -2.00. The Kier molecular flexibility index (Phi) is 8.61. The number of amides is 3. The SMILES string of the molecule is CC(C)NC(=O)C1CCC(CN2C(=O)CC([S-])C2=O)CC1.[K+]. The molecule has 1 aliphatic carbocycles. The summed E-state index contributed by atoms with van der Waals surface area (Å²) < 4.78 is 0. The Hall–Kier alpha value is 0.596. The molecule has 0 aromatic rings. The van der Waals surface area contributed by atoms with E-state index in [1.165, 1.54) is 4.90 Å². The van der Waals surface area contributed by atoms with Gasteiger partial charge in [-0.2, -0.15) is 0 Å². The average Bonchev–Trinajstić information content (AvgIpc) is 2.65. The van der Waals surface area contributed by atoms with Gasteiger partial charge in [0.05, 0.1) is 0 Å². The minimum atomic E-state index is -0.578. The van der Waals surface area contributed by atoms with Crippen LogP contribution in [0.25, 0.3) is 0 Å². The number of imide groups is 1. The van der Waals surface area contributed by atoms with E-state index in [4.69, 9.17) is 12.6 Å². The molecule has 0 aromatic carbocycles. The van der Waals surface area contributed by atoms with Crippen molar-refractivity contribution in [2.45, 2.75) is 57.2 Å². The first-order valence-electron chi connectivity index (χ1n) is 7.69. The molecule has 118 valence electrons. The molecule has 7 heteroatoms. The first-order chi connectivity index (χ1) is 9.88. The molecule has 1 aliphatic heterocycles. The van der Waals surface area contributed by atoms with Gasteiger partial charge in [-0.1, -0.05) is 5.25 Å². The van der Waals surface area contributed by atoms with Crippen molar-refractivity contribution >= 4 is 30.4 Å². The Morgan fingerprint density at radius 1 is 1.27 bits per heavy atom. The van der Waals surface area contributed by atoms with Crippen molar-refractivity contribution in [2.75, 3.05) is 6.54 Å². The maximum absolute atomic E-state index is 12.0. The van der Waals surface area contributed by atoms with Gasteiger partial charge in [-0.15, -0.1) is 0 Å². The smallest absolute Gasteiger partial charge is 0.779 e. The minimum Gasteiger partial charge on any atom is -0.779 e. The minimum absolute atomic E-state index is 0. The summed E-state index contributed by atoms with van der Waals surface area (Å²) in [5.74, 6) is 0.151.